The molecule has 0 unspecified atom stereocenters. The van der Waals surface area contributed by atoms with Gasteiger partial charge in [0.2, 0.25) is 5.91 Å². The molecular formula is C15H22N2OS. The molecule has 4 heteroatoms. The zero-order valence-electron chi connectivity index (χ0n) is 11.4. The normalized spacial score (nSPS) is 17.4. The van der Waals surface area contributed by atoms with Gasteiger partial charge < -0.3 is 11.1 Å². The predicted octanol–water partition coefficient (Wildman–Crippen LogP) is 2.80. The summed E-state index contributed by atoms with van der Waals surface area (Å²) in [6.45, 7) is 0. The van der Waals surface area contributed by atoms with E-state index in [0.29, 0.717) is 0 Å². The highest BCUT2D eigenvalue weighted by Crippen LogP contribution is 2.28. The van der Waals surface area contributed by atoms with Crippen molar-refractivity contribution >= 4 is 23.4 Å². The Morgan fingerprint density at radius 1 is 1.32 bits per heavy atom. The molecule has 0 spiro atoms. The summed E-state index contributed by atoms with van der Waals surface area (Å²) in [6.07, 6.45) is 6.87. The van der Waals surface area contributed by atoms with Gasteiger partial charge in [0.1, 0.15) is 0 Å². The highest BCUT2D eigenvalue weighted by Gasteiger charge is 2.36. The fourth-order valence-corrected chi connectivity index (χ4v) is 2.90. The molecule has 3 N–H and O–H groups in total. The minimum absolute atomic E-state index is 0.0399. The van der Waals surface area contributed by atoms with Crippen molar-refractivity contribution in [2.45, 2.75) is 37.6 Å². The number of hydrogen-bond acceptors (Lipinski definition) is 3. The molecule has 1 amide bonds. The third kappa shape index (κ3) is 3.74. The molecule has 3 nitrogen and oxygen atoms in total. The van der Waals surface area contributed by atoms with Gasteiger partial charge in [-0.05, 0) is 49.0 Å². The summed E-state index contributed by atoms with van der Waals surface area (Å²) in [7, 11) is 0. The number of anilines is 1. The number of rotatable bonds is 5. The van der Waals surface area contributed by atoms with Crippen LogP contribution in [0, 0.1) is 0 Å². The van der Waals surface area contributed by atoms with Crippen molar-refractivity contribution in [1.29, 1.82) is 0 Å². The molecule has 104 valence electrons. The topological polar surface area (TPSA) is 55.1 Å². The molecule has 1 fully saturated rings. The van der Waals surface area contributed by atoms with Crippen LogP contribution in [0.5, 0.6) is 0 Å². The maximum Gasteiger partial charge on any atom is 0.244 e. The van der Waals surface area contributed by atoms with E-state index in [1.807, 2.05) is 23.9 Å². The van der Waals surface area contributed by atoms with Crippen molar-refractivity contribution in [2.75, 3.05) is 17.3 Å². The van der Waals surface area contributed by atoms with Gasteiger partial charge in [-0.25, -0.2) is 0 Å². The molecule has 1 saturated carbocycles. The molecule has 0 aliphatic heterocycles. The molecule has 2 rings (SSSR count). The van der Waals surface area contributed by atoms with Crippen molar-refractivity contribution < 1.29 is 4.79 Å². The lowest BCUT2D eigenvalue weighted by Gasteiger charge is -2.22. The Kier molecular flexibility index (Phi) is 4.88. The van der Waals surface area contributed by atoms with Gasteiger partial charge in [-0.15, -0.1) is 0 Å². The van der Waals surface area contributed by atoms with Crippen molar-refractivity contribution in [3.05, 3.63) is 29.8 Å². The van der Waals surface area contributed by atoms with Gasteiger partial charge >= 0.3 is 0 Å². The van der Waals surface area contributed by atoms with Crippen LogP contribution < -0.4 is 11.1 Å². The number of nitrogens with two attached hydrogens (primary N) is 1. The van der Waals surface area contributed by atoms with Crippen molar-refractivity contribution in [3.8, 4) is 0 Å². The fourth-order valence-electron chi connectivity index (χ4n) is 2.46. The standard InChI is InChI=1S/C15H22N2OS/c1-19-11-8-12-4-6-13(7-5-12)17-14(18)15(16)9-2-3-10-15/h4-7H,2-3,8-11,16H2,1H3,(H,17,18). The zero-order chi connectivity index (χ0) is 13.7. The lowest BCUT2D eigenvalue weighted by atomic mass is 9.98. The van der Waals surface area contributed by atoms with Gasteiger partial charge in [-0.1, -0.05) is 25.0 Å². The van der Waals surface area contributed by atoms with Crippen LogP contribution in [0.3, 0.4) is 0 Å². The number of benzene rings is 1. The zero-order valence-corrected chi connectivity index (χ0v) is 12.3. The molecule has 1 aromatic carbocycles. The number of hydrogen-bond donors (Lipinski definition) is 2. The summed E-state index contributed by atoms with van der Waals surface area (Å²) >= 11 is 1.84. The van der Waals surface area contributed by atoms with Crippen LogP contribution in [0.15, 0.2) is 24.3 Å². The second-order valence-corrected chi connectivity index (χ2v) is 6.24. The van der Waals surface area contributed by atoms with Crippen LogP contribution in [0.1, 0.15) is 31.2 Å². The van der Waals surface area contributed by atoms with Gasteiger partial charge in [-0.2, -0.15) is 11.8 Å². The molecule has 19 heavy (non-hydrogen) atoms. The van der Waals surface area contributed by atoms with Crippen LogP contribution >= 0.6 is 11.8 Å². The monoisotopic (exact) mass is 278 g/mol. The Balaban J connectivity index is 1.93. The SMILES string of the molecule is CSCCc1ccc(NC(=O)C2(N)CCCC2)cc1. The Morgan fingerprint density at radius 2 is 1.95 bits per heavy atom. The van der Waals surface area contributed by atoms with Crippen LogP contribution in [-0.2, 0) is 11.2 Å². The summed E-state index contributed by atoms with van der Waals surface area (Å²) in [5.41, 5.74) is 7.62. The van der Waals surface area contributed by atoms with E-state index >= 15 is 0 Å². The van der Waals surface area contributed by atoms with Gasteiger partial charge in [0.25, 0.3) is 0 Å². The minimum atomic E-state index is -0.655. The quantitative estimate of drug-likeness (QED) is 0.871. The Labute approximate surface area is 119 Å². The lowest BCUT2D eigenvalue weighted by molar-refractivity contribution is -0.121. The molecule has 1 aromatic rings. The number of nitrogens with one attached hydrogen (secondary N) is 1. The molecule has 1 aliphatic rings. The molecule has 1 aliphatic carbocycles. The van der Waals surface area contributed by atoms with Crippen LogP contribution in [0.4, 0.5) is 5.69 Å². The number of carbonyl (C=O) groups excluding carboxylic acids is 1. The smallest absolute Gasteiger partial charge is 0.244 e. The van der Waals surface area contributed by atoms with E-state index in [0.717, 1.165) is 43.5 Å². The van der Waals surface area contributed by atoms with Crippen LogP contribution in [0.25, 0.3) is 0 Å². The Bertz CT molecular complexity index is 424. The fraction of sp³-hybridized carbons (Fsp3) is 0.533. The summed E-state index contributed by atoms with van der Waals surface area (Å²) in [5, 5.41) is 2.94. The first-order chi connectivity index (χ1) is 9.14. The van der Waals surface area contributed by atoms with Crippen LogP contribution in [-0.4, -0.2) is 23.5 Å². The molecule has 0 saturated heterocycles. The average molecular weight is 278 g/mol. The highest BCUT2D eigenvalue weighted by atomic mass is 32.2. The average Bonchev–Trinajstić information content (AvgIpc) is 2.86. The van der Waals surface area contributed by atoms with E-state index in [-0.39, 0.29) is 5.91 Å². The summed E-state index contributed by atoms with van der Waals surface area (Å²) in [5.74, 6) is 1.08. The minimum Gasteiger partial charge on any atom is -0.324 e. The van der Waals surface area contributed by atoms with E-state index < -0.39 is 5.54 Å². The highest BCUT2D eigenvalue weighted by molar-refractivity contribution is 7.98. The predicted molar refractivity (Wildman–Crippen MR) is 82.5 cm³/mol. The summed E-state index contributed by atoms with van der Waals surface area (Å²) in [4.78, 5) is 12.2. The maximum absolute atomic E-state index is 12.2. The van der Waals surface area contributed by atoms with E-state index in [2.05, 4.69) is 23.7 Å². The molecular weight excluding hydrogens is 256 g/mol. The van der Waals surface area contributed by atoms with Crippen molar-refractivity contribution in [1.82, 2.24) is 0 Å². The van der Waals surface area contributed by atoms with Gasteiger partial charge in [-0.3, -0.25) is 4.79 Å². The Morgan fingerprint density at radius 3 is 2.53 bits per heavy atom. The molecule has 0 heterocycles. The summed E-state index contributed by atoms with van der Waals surface area (Å²) < 4.78 is 0. The largest absolute Gasteiger partial charge is 0.324 e. The van der Waals surface area contributed by atoms with Crippen molar-refractivity contribution in [3.63, 3.8) is 0 Å². The van der Waals surface area contributed by atoms with E-state index in [1.165, 1.54) is 5.56 Å². The number of aryl methyl sites for hydroxylation is 1. The first-order valence-corrected chi connectivity index (χ1v) is 8.22. The number of carbonyl (C=O) groups is 1. The molecule has 0 aromatic heterocycles. The van der Waals surface area contributed by atoms with Gasteiger partial charge in [0.05, 0.1) is 5.54 Å². The third-order valence-corrected chi connectivity index (χ3v) is 4.37. The second-order valence-electron chi connectivity index (χ2n) is 5.26. The molecule has 0 bridgehead atoms. The molecule has 0 atom stereocenters. The van der Waals surface area contributed by atoms with Crippen LogP contribution in [0.2, 0.25) is 0 Å². The first kappa shape index (κ1) is 14.4. The second kappa shape index (κ2) is 6.44. The number of amides is 1. The Hall–Kier alpha value is -1.00. The van der Waals surface area contributed by atoms with E-state index in [4.69, 9.17) is 5.73 Å². The first-order valence-electron chi connectivity index (χ1n) is 6.82. The number of thioether (sulfide) groups is 1. The van der Waals surface area contributed by atoms with E-state index in [1.54, 1.807) is 0 Å². The maximum atomic E-state index is 12.2. The van der Waals surface area contributed by atoms with Gasteiger partial charge in [0, 0.05) is 5.69 Å². The summed E-state index contributed by atoms with van der Waals surface area (Å²) in [6, 6.07) is 8.07. The van der Waals surface area contributed by atoms with Gasteiger partial charge in [0.15, 0.2) is 0 Å². The molecule has 0 radical (unpaired) electrons. The lowest BCUT2D eigenvalue weighted by Crippen LogP contribution is -2.48. The third-order valence-electron chi connectivity index (χ3n) is 3.75. The van der Waals surface area contributed by atoms with Crippen molar-refractivity contribution in [2.24, 2.45) is 5.73 Å². The van der Waals surface area contributed by atoms with E-state index in [9.17, 15) is 4.79 Å².